The Morgan fingerprint density at radius 1 is 1.07 bits per heavy atom. The van der Waals surface area contributed by atoms with Gasteiger partial charge >= 0.3 is 0 Å². The van der Waals surface area contributed by atoms with Crippen LogP contribution in [0.2, 0.25) is 0 Å². The van der Waals surface area contributed by atoms with E-state index in [1.807, 2.05) is 45.0 Å². The average molecular weight is 380 g/mol. The van der Waals surface area contributed by atoms with Crippen LogP contribution in [0.25, 0.3) is 11.0 Å². The smallest absolute Gasteiger partial charge is 0.251 e. The fraction of sp³-hybridized carbons (Fsp3) is 0.286. The maximum Gasteiger partial charge on any atom is 0.251 e. The maximum absolute atomic E-state index is 12.2. The molecule has 0 aliphatic carbocycles. The molecule has 146 valence electrons. The molecule has 28 heavy (non-hydrogen) atoms. The summed E-state index contributed by atoms with van der Waals surface area (Å²) in [4.78, 5) is 32.0. The Morgan fingerprint density at radius 2 is 1.79 bits per heavy atom. The highest BCUT2D eigenvalue weighted by molar-refractivity contribution is 5.96. The number of nitrogens with one attached hydrogen (secondary N) is 3. The molecule has 1 aromatic heterocycles. The Balaban J connectivity index is 1.51. The first kappa shape index (κ1) is 19.4. The van der Waals surface area contributed by atoms with Gasteiger partial charge in [0.1, 0.15) is 11.6 Å². The van der Waals surface area contributed by atoms with Crippen molar-refractivity contribution in [3.63, 3.8) is 0 Å². The summed E-state index contributed by atoms with van der Waals surface area (Å²) in [7, 11) is 0. The third kappa shape index (κ3) is 4.88. The minimum atomic E-state index is -0.317. The molecule has 0 spiro atoms. The van der Waals surface area contributed by atoms with Gasteiger partial charge < -0.3 is 20.4 Å². The Hall–Kier alpha value is -3.35. The van der Waals surface area contributed by atoms with E-state index in [4.69, 9.17) is 4.74 Å². The Bertz CT molecular complexity index is 930. The van der Waals surface area contributed by atoms with Crippen LogP contribution in [0.5, 0.6) is 5.75 Å². The molecule has 3 aromatic rings. The quantitative estimate of drug-likeness (QED) is 0.587. The van der Waals surface area contributed by atoms with Gasteiger partial charge in [0.15, 0.2) is 0 Å². The molecule has 1 heterocycles. The molecule has 0 aliphatic heterocycles. The molecule has 1 unspecified atom stereocenters. The van der Waals surface area contributed by atoms with E-state index >= 15 is 0 Å². The molecule has 0 saturated heterocycles. The van der Waals surface area contributed by atoms with Crippen molar-refractivity contribution in [2.75, 3.05) is 6.54 Å². The molecule has 1 atom stereocenters. The van der Waals surface area contributed by atoms with Crippen LogP contribution in [0, 0.1) is 0 Å². The zero-order chi connectivity index (χ0) is 20.1. The summed E-state index contributed by atoms with van der Waals surface area (Å²) in [6, 6.07) is 14.2. The van der Waals surface area contributed by atoms with Crippen molar-refractivity contribution in [3.8, 4) is 5.75 Å². The number of para-hydroxylation sites is 2. The molecule has 3 rings (SSSR count). The van der Waals surface area contributed by atoms with E-state index < -0.39 is 0 Å². The summed E-state index contributed by atoms with van der Waals surface area (Å²) in [6.07, 6.45) is 0.0668. The summed E-state index contributed by atoms with van der Waals surface area (Å²) in [5.74, 6) is 0.759. The fourth-order valence-corrected chi connectivity index (χ4v) is 2.76. The fourth-order valence-electron chi connectivity index (χ4n) is 2.76. The van der Waals surface area contributed by atoms with Gasteiger partial charge in [0.25, 0.3) is 5.91 Å². The van der Waals surface area contributed by atoms with E-state index in [1.54, 1.807) is 24.3 Å². The standard InChI is InChI=1S/C21H24N4O3/c1-13(2)28-16-10-8-15(9-11-16)21(27)22-12-19(26)23-14(3)20-24-17-6-4-5-7-18(17)25-20/h4-11,13-14H,12H2,1-3H3,(H,22,27)(H,23,26)(H,24,25). The highest BCUT2D eigenvalue weighted by Gasteiger charge is 2.14. The molecular formula is C21H24N4O3. The molecule has 0 fully saturated rings. The van der Waals surface area contributed by atoms with Crippen LogP contribution in [0.15, 0.2) is 48.5 Å². The van der Waals surface area contributed by atoms with E-state index in [9.17, 15) is 9.59 Å². The van der Waals surface area contributed by atoms with Crippen molar-refractivity contribution in [2.45, 2.75) is 32.9 Å². The van der Waals surface area contributed by atoms with Gasteiger partial charge in [0, 0.05) is 5.56 Å². The van der Waals surface area contributed by atoms with Crippen molar-refractivity contribution >= 4 is 22.8 Å². The van der Waals surface area contributed by atoms with Crippen LogP contribution in [-0.2, 0) is 4.79 Å². The lowest BCUT2D eigenvalue weighted by Gasteiger charge is -2.12. The molecule has 2 aromatic carbocycles. The van der Waals surface area contributed by atoms with Crippen LogP contribution < -0.4 is 15.4 Å². The molecule has 0 radical (unpaired) electrons. The van der Waals surface area contributed by atoms with Crippen molar-refractivity contribution < 1.29 is 14.3 Å². The molecule has 0 saturated carbocycles. The number of nitrogens with zero attached hydrogens (tertiary/aromatic N) is 1. The number of aromatic nitrogens is 2. The first-order valence-electron chi connectivity index (χ1n) is 9.21. The Labute approximate surface area is 163 Å². The van der Waals surface area contributed by atoms with Crippen molar-refractivity contribution in [1.29, 1.82) is 0 Å². The number of rotatable bonds is 7. The molecule has 2 amide bonds. The molecule has 7 heteroatoms. The van der Waals surface area contributed by atoms with Crippen LogP contribution >= 0.6 is 0 Å². The zero-order valence-corrected chi connectivity index (χ0v) is 16.2. The number of carbonyl (C=O) groups is 2. The van der Waals surface area contributed by atoms with Crippen molar-refractivity contribution in [1.82, 2.24) is 20.6 Å². The monoisotopic (exact) mass is 380 g/mol. The highest BCUT2D eigenvalue weighted by atomic mass is 16.5. The van der Waals surface area contributed by atoms with Crippen LogP contribution in [0.3, 0.4) is 0 Å². The molecule has 0 aliphatic rings. The number of benzene rings is 2. The lowest BCUT2D eigenvalue weighted by atomic mass is 10.2. The first-order chi connectivity index (χ1) is 13.4. The molecule has 7 nitrogen and oxygen atoms in total. The largest absolute Gasteiger partial charge is 0.491 e. The van der Waals surface area contributed by atoms with Gasteiger partial charge in [-0.1, -0.05) is 12.1 Å². The minimum Gasteiger partial charge on any atom is -0.491 e. The number of ether oxygens (including phenoxy) is 1. The van der Waals surface area contributed by atoms with E-state index in [-0.39, 0.29) is 30.5 Å². The average Bonchev–Trinajstić information content (AvgIpc) is 3.10. The maximum atomic E-state index is 12.2. The molecule has 3 N–H and O–H groups in total. The van der Waals surface area contributed by atoms with Gasteiger partial charge in [-0.25, -0.2) is 4.98 Å². The summed E-state index contributed by atoms with van der Waals surface area (Å²) >= 11 is 0. The van der Waals surface area contributed by atoms with Crippen molar-refractivity contribution in [3.05, 3.63) is 59.9 Å². The predicted molar refractivity (Wildman–Crippen MR) is 107 cm³/mol. The SMILES string of the molecule is CC(C)Oc1ccc(C(=O)NCC(=O)NC(C)c2nc3ccccc3[nH]2)cc1. The number of fused-ring (bicyclic) bond motifs is 1. The second-order valence-electron chi connectivity index (χ2n) is 6.80. The minimum absolute atomic E-state index is 0.0668. The van der Waals surface area contributed by atoms with Gasteiger partial charge in [-0.05, 0) is 57.2 Å². The predicted octanol–water partition coefficient (Wildman–Crippen LogP) is 2.96. The molecular weight excluding hydrogens is 356 g/mol. The number of hydrogen-bond acceptors (Lipinski definition) is 4. The van der Waals surface area contributed by atoms with Gasteiger partial charge in [-0.2, -0.15) is 0 Å². The zero-order valence-electron chi connectivity index (χ0n) is 16.2. The Kier molecular flexibility index (Phi) is 5.93. The summed E-state index contributed by atoms with van der Waals surface area (Å²) in [5.41, 5.74) is 2.22. The van der Waals surface area contributed by atoms with Crippen LogP contribution in [0.1, 0.15) is 43.0 Å². The third-order valence-corrected chi connectivity index (χ3v) is 4.09. The topological polar surface area (TPSA) is 96.1 Å². The Morgan fingerprint density at radius 3 is 2.46 bits per heavy atom. The number of H-pyrrole nitrogens is 1. The van der Waals surface area contributed by atoms with Gasteiger partial charge in [0.05, 0.1) is 29.7 Å². The van der Waals surface area contributed by atoms with E-state index in [1.165, 1.54) is 0 Å². The third-order valence-electron chi connectivity index (χ3n) is 4.09. The summed E-state index contributed by atoms with van der Waals surface area (Å²) in [5, 5.41) is 5.45. The second-order valence-corrected chi connectivity index (χ2v) is 6.80. The van der Waals surface area contributed by atoms with Gasteiger partial charge in [0.2, 0.25) is 5.91 Å². The van der Waals surface area contributed by atoms with E-state index in [0.717, 1.165) is 11.0 Å². The summed E-state index contributed by atoms with van der Waals surface area (Å²) in [6.45, 7) is 5.59. The summed E-state index contributed by atoms with van der Waals surface area (Å²) < 4.78 is 5.55. The van der Waals surface area contributed by atoms with Crippen molar-refractivity contribution in [2.24, 2.45) is 0 Å². The second kappa shape index (κ2) is 8.56. The first-order valence-corrected chi connectivity index (χ1v) is 9.21. The van der Waals surface area contributed by atoms with Crippen LogP contribution in [-0.4, -0.2) is 34.4 Å². The van der Waals surface area contributed by atoms with E-state index in [0.29, 0.717) is 17.1 Å². The molecule has 0 bridgehead atoms. The highest BCUT2D eigenvalue weighted by Crippen LogP contribution is 2.15. The normalized spacial score (nSPS) is 12.0. The van der Waals surface area contributed by atoms with Crippen LogP contribution in [0.4, 0.5) is 0 Å². The number of hydrogen-bond donors (Lipinski definition) is 3. The number of carbonyl (C=O) groups excluding carboxylic acids is 2. The van der Waals surface area contributed by atoms with Gasteiger partial charge in [-0.15, -0.1) is 0 Å². The number of imidazole rings is 1. The number of aromatic amines is 1. The van der Waals surface area contributed by atoms with E-state index in [2.05, 4.69) is 20.6 Å². The van der Waals surface area contributed by atoms with Gasteiger partial charge in [-0.3, -0.25) is 9.59 Å². The number of amides is 2. The lowest BCUT2D eigenvalue weighted by molar-refractivity contribution is -0.120. The lowest BCUT2D eigenvalue weighted by Crippen LogP contribution is -2.38.